The van der Waals surface area contributed by atoms with Crippen LogP contribution in [0.2, 0.25) is 0 Å². The van der Waals surface area contributed by atoms with E-state index in [2.05, 4.69) is 15.3 Å². The third-order valence-corrected chi connectivity index (χ3v) is 3.62. The second-order valence-electron chi connectivity index (χ2n) is 5.04. The smallest absolute Gasteiger partial charge is 0.395 e. The molecule has 0 amide bonds. The Kier molecular flexibility index (Phi) is 4.87. The molecule has 0 atom stereocenters. The van der Waals surface area contributed by atoms with Gasteiger partial charge in [-0.25, -0.2) is 9.97 Å². The molecule has 1 saturated carbocycles. The van der Waals surface area contributed by atoms with Gasteiger partial charge in [-0.2, -0.15) is 13.2 Å². The maximum Gasteiger partial charge on any atom is 0.451 e. The number of aliphatic hydroxyl groups excluding tert-OH is 1. The number of aromatic nitrogens is 2. The van der Waals surface area contributed by atoms with Crippen molar-refractivity contribution in [3.05, 3.63) is 11.9 Å². The minimum absolute atomic E-state index is 0.119. The van der Waals surface area contributed by atoms with Crippen molar-refractivity contribution in [2.24, 2.45) is 0 Å². The molecule has 1 aromatic heterocycles. The van der Waals surface area contributed by atoms with Crippen LogP contribution in [-0.2, 0) is 6.18 Å². The first-order chi connectivity index (χ1) is 9.95. The maximum atomic E-state index is 12.9. The van der Waals surface area contributed by atoms with Gasteiger partial charge in [0.2, 0.25) is 5.82 Å². The van der Waals surface area contributed by atoms with Gasteiger partial charge >= 0.3 is 6.18 Å². The van der Waals surface area contributed by atoms with E-state index < -0.39 is 12.0 Å². The highest BCUT2D eigenvalue weighted by Gasteiger charge is 2.36. The summed E-state index contributed by atoms with van der Waals surface area (Å²) in [5.74, 6) is -0.832. The predicted octanol–water partition coefficient (Wildman–Crippen LogP) is 2.28. The first-order valence-electron chi connectivity index (χ1n) is 6.97. The molecule has 1 fully saturated rings. The third kappa shape index (κ3) is 3.75. The second-order valence-corrected chi connectivity index (χ2v) is 5.04. The van der Waals surface area contributed by atoms with E-state index in [4.69, 9.17) is 0 Å². The number of nitrogens with zero attached hydrogens (tertiary/aromatic N) is 3. The summed E-state index contributed by atoms with van der Waals surface area (Å²) in [7, 11) is 1.51. The molecule has 0 radical (unpaired) electrons. The zero-order valence-corrected chi connectivity index (χ0v) is 11.8. The van der Waals surface area contributed by atoms with E-state index in [1.54, 1.807) is 4.90 Å². The highest BCUT2D eigenvalue weighted by molar-refractivity contribution is 5.50. The molecular formula is C13H19F3N4O. The van der Waals surface area contributed by atoms with Crippen LogP contribution in [0.5, 0.6) is 0 Å². The number of hydrogen-bond acceptors (Lipinski definition) is 5. The number of anilines is 2. The Morgan fingerprint density at radius 3 is 2.52 bits per heavy atom. The Balaban J connectivity index is 2.38. The molecule has 0 unspecified atom stereocenters. The molecule has 21 heavy (non-hydrogen) atoms. The van der Waals surface area contributed by atoms with Crippen LogP contribution in [0.15, 0.2) is 6.07 Å². The number of hydrogen-bond donors (Lipinski definition) is 2. The van der Waals surface area contributed by atoms with E-state index in [1.807, 2.05) is 0 Å². The molecule has 1 aliphatic carbocycles. The molecule has 8 heteroatoms. The molecule has 1 aliphatic rings. The van der Waals surface area contributed by atoms with Crippen molar-refractivity contribution in [2.75, 3.05) is 30.4 Å². The number of rotatable bonds is 5. The minimum Gasteiger partial charge on any atom is -0.395 e. The predicted molar refractivity (Wildman–Crippen MR) is 73.3 cm³/mol. The summed E-state index contributed by atoms with van der Waals surface area (Å²) in [5.41, 5.74) is 0. The zero-order valence-electron chi connectivity index (χ0n) is 11.8. The minimum atomic E-state index is -4.60. The maximum absolute atomic E-state index is 12.9. The first kappa shape index (κ1) is 15.8. The lowest BCUT2D eigenvalue weighted by molar-refractivity contribution is -0.144. The van der Waals surface area contributed by atoms with Crippen LogP contribution in [0.3, 0.4) is 0 Å². The fourth-order valence-corrected chi connectivity index (χ4v) is 2.64. The van der Waals surface area contributed by atoms with Crippen molar-refractivity contribution < 1.29 is 18.3 Å². The summed E-state index contributed by atoms with van der Waals surface area (Å²) in [6.07, 6.45) is -0.700. The van der Waals surface area contributed by atoms with Crippen molar-refractivity contribution >= 4 is 11.6 Å². The van der Waals surface area contributed by atoms with Gasteiger partial charge in [0, 0.05) is 25.7 Å². The van der Waals surface area contributed by atoms with Gasteiger partial charge in [0.25, 0.3) is 0 Å². The van der Waals surface area contributed by atoms with E-state index in [0.717, 1.165) is 25.7 Å². The fraction of sp³-hybridized carbons (Fsp3) is 0.692. The van der Waals surface area contributed by atoms with Gasteiger partial charge in [-0.15, -0.1) is 0 Å². The summed E-state index contributed by atoms with van der Waals surface area (Å²) in [4.78, 5) is 8.87. The standard InChI is InChI=1S/C13H19F3N4O/c1-17-10-8-11(19-12(18-10)13(14,15)16)20(6-7-21)9-4-2-3-5-9/h8-9,21H,2-7H2,1H3,(H,17,18,19). The van der Waals surface area contributed by atoms with Crippen molar-refractivity contribution in [2.45, 2.75) is 37.9 Å². The van der Waals surface area contributed by atoms with Gasteiger partial charge in [0.1, 0.15) is 11.6 Å². The van der Waals surface area contributed by atoms with Gasteiger partial charge in [-0.3, -0.25) is 0 Å². The molecule has 1 aromatic rings. The Labute approximate surface area is 121 Å². The average Bonchev–Trinajstić information content (AvgIpc) is 2.97. The molecule has 0 aromatic carbocycles. The normalized spacial score (nSPS) is 16.2. The van der Waals surface area contributed by atoms with Gasteiger partial charge < -0.3 is 15.3 Å². The van der Waals surface area contributed by atoms with Crippen LogP contribution in [-0.4, -0.2) is 41.3 Å². The monoisotopic (exact) mass is 304 g/mol. The van der Waals surface area contributed by atoms with Crippen molar-refractivity contribution in [3.63, 3.8) is 0 Å². The first-order valence-corrected chi connectivity index (χ1v) is 6.97. The lowest BCUT2D eigenvalue weighted by Crippen LogP contribution is -2.37. The van der Waals surface area contributed by atoms with Crippen LogP contribution in [0.4, 0.5) is 24.8 Å². The molecule has 5 nitrogen and oxygen atoms in total. The number of nitrogens with one attached hydrogen (secondary N) is 1. The Morgan fingerprint density at radius 1 is 1.33 bits per heavy atom. The fourth-order valence-electron chi connectivity index (χ4n) is 2.64. The van der Waals surface area contributed by atoms with Crippen LogP contribution < -0.4 is 10.2 Å². The molecule has 2 N–H and O–H groups in total. The van der Waals surface area contributed by atoms with Gasteiger partial charge in [-0.1, -0.05) is 12.8 Å². The van der Waals surface area contributed by atoms with E-state index in [0.29, 0.717) is 0 Å². The Hall–Kier alpha value is -1.57. The van der Waals surface area contributed by atoms with Crippen molar-refractivity contribution in [1.29, 1.82) is 0 Å². The lowest BCUT2D eigenvalue weighted by Gasteiger charge is -2.30. The van der Waals surface area contributed by atoms with E-state index >= 15 is 0 Å². The van der Waals surface area contributed by atoms with Crippen LogP contribution in [0.25, 0.3) is 0 Å². The van der Waals surface area contributed by atoms with Crippen LogP contribution in [0, 0.1) is 0 Å². The quantitative estimate of drug-likeness (QED) is 0.874. The van der Waals surface area contributed by atoms with Crippen molar-refractivity contribution in [1.82, 2.24) is 9.97 Å². The molecule has 0 aliphatic heterocycles. The highest BCUT2D eigenvalue weighted by atomic mass is 19.4. The summed E-state index contributed by atoms with van der Waals surface area (Å²) in [6.45, 7) is 0.138. The molecule has 118 valence electrons. The Bertz CT molecular complexity index is 475. The largest absolute Gasteiger partial charge is 0.451 e. The third-order valence-electron chi connectivity index (χ3n) is 3.62. The van der Waals surface area contributed by atoms with Crippen LogP contribution in [0.1, 0.15) is 31.5 Å². The van der Waals surface area contributed by atoms with E-state index in [-0.39, 0.29) is 30.8 Å². The van der Waals surface area contributed by atoms with Crippen LogP contribution >= 0.6 is 0 Å². The summed E-state index contributed by atoms with van der Waals surface area (Å²) in [5, 5.41) is 11.8. The van der Waals surface area contributed by atoms with Gasteiger partial charge in [0.05, 0.1) is 6.61 Å². The number of alkyl halides is 3. The number of halogens is 3. The molecule has 0 bridgehead atoms. The molecule has 0 saturated heterocycles. The van der Waals surface area contributed by atoms with E-state index in [1.165, 1.54) is 13.1 Å². The average molecular weight is 304 g/mol. The SMILES string of the molecule is CNc1cc(N(CCO)C2CCCC2)nc(C(F)(F)F)n1. The topological polar surface area (TPSA) is 61.3 Å². The van der Waals surface area contributed by atoms with Crippen molar-refractivity contribution in [3.8, 4) is 0 Å². The number of aliphatic hydroxyl groups is 1. The molecule has 1 heterocycles. The zero-order chi connectivity index (χ0) is 15.5. The Morgan fingerprint density at radius 2 is 2.00 bits per heavy atom. The molecule has 0 spiro atoms. The molecular weight excluding hydrogens is 285 g/mol. The highest BCUT2D eigenvalue weighted by Crippen LogP contribution is 2.32. The second kappa shape index (κ2) is 6.46. The van der Waals surface area contributed by atoms with Gasteiger partial charge in [-0.05, 0) is 12.8 Å². The molecule has 2 rings (SSSR count). The van der Waals surface area contributed by atoms with Gasteiger partial charge in [0.15, 0.2) is 0 Å². The summed E-state index contributed by atoms with van der Waals surface area (Å²) < 4.78 is 38.7. The lowest BCUT2D eigenvalue weighted by atomic mass is 10.2. The van der Waals surface area contributed by atoms with E-state index in [9.17, 15) is 18.3 Å². The summed E-state index contributed by atoms with van der Waals surface area (Å²) in [6, 6.07) is 1.61. The summed E-state index contributed by atoms with van der Waals surface area (Å²) >= 11 is 0.